The molecular weight excluding hydrogens is 260 g/mol. The zero-order valence-electron chi connectivity index (χ0n) is 11.1. The third kappa shape index (κ3) is 2.97. The number of ether oxygens (including phenoxy) is 2. The maximum atomic E-state index is 9.68. The largest absolute Gasteiger partial charge is 0.506 e. The van der Waals surface area contributed by atoms with Crippen molar-refractivity contribution in [2.24, 2.45) is 10.2 Å². The number of benzene rings is 2. The lowest BCUT2D eigenvalue weighted by atomic mass is 10.3. The highest BCUT2D eigenvalue weighted by Gasteiger charge is 2.05. The van der Waals surface area contributed by atoms with E-state index in [1.54, 1.807) is 12.1 Å². The maximum Gasteiger partial charge on any atom is 0.143 e. The van der Waals surface area contributed by atoms with Crippen LogP contribution in [0.5, 0.6) is 23.0 Å². The van der Waals surface area contributed by atoms with Gasteiger partial charge in [-0.2, -0.15) is 0 Å². The molecule has 0 atom stereocenters. The zero-order valence-corrected chi connectivity index (χ0v) is 11.1. The number of azo groups is 1. The second-order valence-electron chi connectivity index (χ2n) is 3.91. The molecule has 0 aliphatic heterocycles. The van der Waals surface area contributed by atoms with Crippen LogP contribution in [-0.4, -0.2) is 24.4 Å². The first-order chi connectivity index (χ1) is 9.63. The number of hydrogen-bond acceptors (Lipinski definition) is 6. The summed E-state index contributed by atoms with van der Waals surface area (Å²) in [7, 11) is 3.03. The van der Waals surface area contributed by atoms with Gasteiger partial charge in [-0.15, -0.1) is 10.2 Å². The lowest BCUT2D eigenvalue weighted by Gasteiger charge is -2.03. The van der Waals surface area contributed by atoms with Gasteiger partial charge < -0.3 is 19.7 Å². The van der Waals surface area contributed by atoms with Crippen LogP contribution in [0.15, 0.2) is 46.6 Å². The molecule has 2 aromatic carbocycles. The lowest BCUT2D eigenvalue weighted by molar-refractivity contribution is 0.412. The third-order valence-corrected chi connectivity index (χ3v) is 2.63. The first-order valence-electron chi connectivity index (χ1n) is 5.80. The SMILES string of the molecule is COc1ccc(O)c(N=Nc2cc(OC)ccc2O)c1. The number of hydrogen-bond donors (Lipinski definition) is 2. The molecule has 2 rings (SSSR count). The van der Waals surface area contributed by atoms with E-state index in [9.17, 15) is 10.2 Å². The van der Waals surface area contributed by atoms with Gasteiger partial charge in [0, 0.05) is 12.1 Å². The highest BCUT2D eigenvalue weighted by atomic mass is 16.5. The van der Waals surface area contributed by atoms with Crippen molar-refractivity contribution in [3.8, 4) is 23.0 Å². The van der Waals surface area contributed by atoms with Crippen LogP contribution in [-0.2, 0) is 0 Å². The number of phenols is 2. The number of methoxy groups -OCH3 is 2. The minimum absolute atomic E-state index is 0.0306. The first-order valence-corrected chi connectivity index (χ1v) is 5.80. The zero-order chi connectivity index (χ0) is 14.5. The highest BCUT2D eigenvalue weighted by molar-refractivity contribution is 5.57. The van der Waals surface area contributed by atoms with Gasteiger partial charge in [0.25, 0.3) is 0 Å². The minimum Gasteiger partial charge on any atom is -0.506 e. The number of aromatic hydroxyl groups is 2. The van der Waals surface area contributed by atoms with E-state index in [0.29, 0.717) is 11.5 Å². The van der Waals surface area contributed by atoms with E-state index >= 15 is 0 Å². The molecule has 104 valence electrons. The average Bonchev–Trinajstić information content (AvgIpc) is 2.48. The van der Waals surface area contributed by atoms with E-state index in [2.05, 4.69) is 10.2 Å². The molecular formula is C14H14N2O4. The molecule has 0 heterocycles. The number of nitrogens with zero attached hydrogens (tertiary/aromatic N) is 2. The summed E-state index contributed by atoms with van der Waals surface area (Å²) in [4.78, 5) is 0. The van der Waals surface area contributed by atoms with Crippen LogP contribution in [0.2, 0.25) is 0 Å². The van der Waals surface area contributed by atoms with Gasteiger partial charge in [-0.25, -0.2) is 0 Å². The van der Waals surface area contributed by atoms with Gasteiger partial charge in [-0.05, 0) is 24.3 Å². The Morgan fingerprint density at radius 3 is 1.50 bits per heavy atom. The van der Waals surface area contributed by atoms with Gasteiger partial charge in [-0.1, -0.05) is 0 Å². The molecule has 0 bridgehead atoms. The average molecular weight is 274 g/mol. The van der Waals surface area contributed by atoms with Gasteiger partial charge in [-0.3, -0.25) is 0 Å². The van der Waals surface area contributed by atoms with Crippen LogP contribution in [0, 0.1) is 0 Å². The Bertz CT molecular complexity index is 586. The van der Waals surface area contributed by atoms with Gasteiger partial charge in [0.2, 0.25) is 0 Å². The second-order valence-corrected chi connectivity index (χ2v) is 3.91. The van der Waals surface area contributed by atoms with E-state index in [1.807, 2.05) is 0 Å². The van der Waals surface area contributed by atoms with Crippen LogP contribution in [0.1, 0.15) is 0 Å². The molecule has 0 aliphatic rings. The predicted molar refractivity (Wildman–Crippen MR) is 73.5 cm³/mol. The van der Waals surface area contributed by atoms with Crippen LogP contribution < -0.4 is 9.47 Å². The molecule has 0 radical (unpaired) electrons. The van der Waals surface area contributed by atoms with Crippen LogP contribution in [0.3, 0.4) is 0 Å². The third-order valence-electron chi connectivity index (χ3n) is 2.63. The Kier molecular flexibility index (Phi) is 4.05. The highest BCUT2D eigenvalue weighted by Crippen LogP contribution is 2.35. The quantitative estimate of drug-likeness (QED) is 0.835. The summed E-state index contributed by atoms with van der Waals surface area (Å²) in [5.41, 5.74) is 0.484. The summed E-state index contributed by atoms with van der Waals surface area (Å²) in [5, 5.41) is 27.2. The van der Waals surface area contributed by atoms with Crippen molar-refractivity contribution in [2.75, 3.05) is 14.2 Å². The molecule has 6 nitrogen and oxygen atoms in total. The minimum atomic E-state index is -0.0306. The van der Waals surface area contributed by atoms with Crippen molar-refractivity contribution >= 4 is 11.4 Å². The fraction of sp³-hybridized carbons (Fsp3) is 0.143. The summed E-state index contributed by atoms with van der Waals surface area (Å²) in [5.74, 6) is 1.03. The molecule has 20 heavy (non-hydrogen) atoms. The summed E-state index contributed by atoms with van der Waals surface area (Å²) in [6.45, 7) is 0. The lowest BCUT2D eigenvalue weighted by Crippen LogP contribution is -1.81. The maximum absolute atomic E-state index is 9.68. The Morgan fingerprint density at radius 2 is 1.15 bits per heavy atom. The van der Waals surface area contributed by atoms with E-state index in [-0.39, 0.29) is 22.9 Å². The van der Waals surface area contributed by atoms with E-state index in [0.717, 1.165) is 0 Å². The Hall–Kier alpha value is -2.76. The molecule has 0 saturated heterocycles. The van der Waals surface area contributed by atoms with Gasteiger partial charge in [0.05, 0.1) is 14.2 Å². The second kappa shape index (κ2) is 5.92. The molecule has 2 aromatic rings. The van der Waals surface area contributed by atoms with Crippen molar-refractivity contribution in [3.05, 3.63) is 36.4 Å². The van der Waals surface area contributed by atoms with Crippen molar-refractivity contribution in [1.82, 2.24) is 0 Å². The molecule has 0 fully saturated rings. The van der Waals surface area contributed by atoms with Crippen molar-refractivity contribution in [2.45, 2.75) is 0 Å². The van der Waals surface area contributed by atoms with E-state index in [1.165, 1.54) is 38.5 Å². The molecule has 0 aliphatic carbocycles. The fourth-order valence-corrected chi connectivity index (χ4v) is 1.53. The molecule has 0 saturated carbocycles. The topological polar surface area (TPSA) is 83.6 Å². The van der Waals surface area contributed by atoms with Gasteiger partial charge in [0.15, 0.2) is 0 Å². The van der Waals surface area contributed by atoms with Crippen molar-refractivity contribution in [3.63, 3.8) is 0 Å². The molecule has 0 aromatic heterocycles. The Balaban J connectivity index is 2.33. The smallest absolute Gasteiger partial charge is 0.143 e. The Morgan fingerprint density at radius 1 is 0.750 bits per heavy atom. The fourth-order valence-electron chi connectivity index (χ4n) is 1.53. The van der Waals surface area contributed by atoms with Crippen LogP contribution in [0.25, 0.3) is 0 Å². The van der Waals surface area contributed by atoms with Gasteiger partial charge in [0.1, 0.15) is 34.4 Å². The number of rotatable bonds is 4. The predicted octanol–water partition coefficient (Wildman–Crippen LogP) is 3.53. The molecule has 6 heteroatoms. The normalized spacial score (nSPS) is 10.7. The Labute approximate surface area is 115 Å². The van der Waals surface area contributed by atoms with Crippen molar-refractivity contribution < 1.29 is 19.7 Å². The first kappa shape index (κ1) is 13.7. The summed E-state index contributed by atoms with van der Waals surface area (Å²) in [6, 6.07) is 9.21. The molecule has 0 spiro atoms. The summed E-state index contributed by atoms with van der Waals surface area (Å²) >= 11 is 0. The number of phenolic OH excluding ortho intramolecular Hbond substituents is 2. The van der Waals surface area contributed by atoms with Crippen LogP contribution in [0.4, 0.5) is 11.4 Å². The molecule has 0 amide bonds. The van der Waals surface area contributed by atoms with E-state index < -0.39 is 0 Å². The summed E-state index contributed by atoms with van der Waals surface area (Å²) < 4.78 is 10.1. The summed E-state index contributed by atoms with van der Waals surface area (Å²) in [6.07, 6.45) is 0. The monoisotopic (exact) mass is 274 g/mol. The van der Waals surface area contributed by atoms with Crippen molar-refractivity contribution in [1.29, 1.82) is 0 Å². The van der Waals surface area contributed by atoms with Crippen LogP contribution >= 0.6 is 0 Å². The standard InChI is InChI=1S/C14H14N2O4/c1-19-9-3-5-13(17)11(7-9)15-16-12-8-10(20-2)4-6-14(12)18/h3-8,17-18H,1-2H3. The molecule has 2 N–H and O–H groups in total. The molecule has 0 unspecified atom stereocenters. The van der Waals surface area contributed by atoms with E-state index in [4.69, 9.17) is 9.47 Å². The van der Waals surface area contributed by atoms with Gasteiger partial charge >= 0.3 is 0 Å².